The Bertz CT molecular complexity index is 449. The lowest BCUT2D eigenvalue weighted by Gasteiger charge is -2.02. The van der Waals surface area contributed by atoms with Gasteiger partial charge in [0, 0.05) is 24.4 Å². The second kappa shape index (κ2) is 5.66. The van der Waals surface area contributed by atoms with Crippen LogP contribution >= 0.6 is 27.3 Å². The van der Waals surface area contributed by atoms with E-state index in [4.69, 9.17) is 4.42 Å². The van der Waals surface area contributed by atoms with Crippen LogP contribution in [0, 0.1) is 6.92 Å². The van der Waals surface area contributed by atoms with Crippen LogP contribution in [0.4, 0.5) is 0 Å². The van der Waals surface area contributed by atoms with Crippen LogP contribution in [0.25, 0.3) is 0 Å². The molecule has 2 aromatic heterocycles. The molecule has 0 saturated carbocycles. The maximum atomic E-state index is 5.42. The molecule has 0 fully saturated rings. The van der Waals surface area contributed by atoms with Crippen LogP contribution in [0.1, 0.15) is 16.2 Å². The van der Waals surface area contributed by atoms with Gasteiger partial charge in [0.05, 0.1) is 0 Å². The third-order valence-corrected chi connectivity index (χ3v) is 3.88. The van der Waals surface area contributed by atoms with E-state index in [1.165, 1.54) is 10.4 Å². The molecule has 2 rings (SSSR count). The molecular weight excluding hydrogens is 286 g/mol. The third-order valence-electron chi connectivity index (χ3n) is 2.43. The Hall–Kier alpha value is -0.580. The molecule has 0 atom stereocenters. The molecule has 0 aromatic carbocycles. The second-order valence-electron chi connectivity index (χ2n) is 3.66. The van der Waals surface area contributed by atoms with Crippen molar-refractivity contribution >= 4 is 27.3 Å². The Morgan fingerprint density at radius 1 is 1.38 bits per heavy atom. The van der Waals surface area contributed by atoms with Gasteiger partial charge in [-0.15, -0.1) is 11.3 Å². The van der Waals surface area contributed by atoms with Crippen molar-refractivity contribution in [1.29, 1.82) is 0 Å². The number of hydrogen-bond acceptors (Lipinski definition) is 3. The Labute approximate surface area is 108 Å². The van der Waals surface area contributed by atoms with Crippen molar-refractivity contribution in [1.82, 2.24) is 5.32 Å². The van der Waals surface area contributed by atoms with Crippen LogP contribution in [-0.4, -0.2) is 6.54 Å². The van der Waals surface area contributed by atoms with Gasteiger partial charge in [-0.25, -0.2) is 0 Å². The molecule has 2 aromatic rings. The molecule has 0 aliphatic carbocycles. The molecule has 4 heteroatoms. The van der Waals surface area contributed by atoms with Gasteiger partial charge < -0.3 is 9.73 Å². The number of thiophene rings is 1. The molecule has 0 aliphatic heterocycles. The minimum absolute atomic E-state index is 0.802. The fourth-order valence-corrected chi connectivity index (χ4v) is 2.70. The molecule has 0 aliphatic rings. The summed E-state index contributed by atoms with van der Waals surface area (Å²) in [5.74, 6) is 1.02. The Morgan fingerprint density at radius 3 is 2.88 bits per heavy atom. The maximum absolute atomic E-state index is 5.42. The lowest BCUT2D eigenvalue weighted by molar-refractivity contribution is 0.479. The minimum Gasteiger partial charge on any atom is -0.454 e. The fourth-order valence-electron chi connectivity index (χ4n) is 1.48. The van der Waals surface area contributed by atoms with Gasteiger partial charge in [0.1, 0.15) is 5.76 Å². The average Bonchev–Trinajstić information content (AvgIpc) is 2.83. The minimum atomic E-state index is 0.802. The van der Waals surface area contributed by atoms with Crippen molar-refractivity contribution in [3.05, 3.63) is 44.4 Å². The molecule has 0 unspecified atom stereocenters. The summed E-state index contributed by atoms with van der Waals surface area (Å²) in [4.78, 5) is 1.42. The summed E-state index contributed by atoms with van der Waals surface area (Å²) in [5, 5.41) is 5.56. The van der Waals surface area contributed by atoms with Gasteiger partial charge in [-0.3, -0.25) is 0 Å². The van der Waals surface area contributed by atoms with Gasteiger partial charge in [0.25, 0.3) is 0 Å². The zero-order chi connectivity index (χ0) is 11.4. The standard InChI is InChI=1S/C12H14BrNOS/c1-9-5-7-16-11(9)8-14-6-4-10-2-3-12(13)15-10/h2-3,5,7,14H,4,6,8H2,1H3. The highest BCUT2D eigenvalue weighted by molar-refractivity contribution is 9.10. The molecule has 0 spiro atoms. The Kier molecular flexibility index (Phi) is 4.21. The molecule has 86 valence electrons. The quantitative estimate of drug-likeness (QED) is 0.851. The van der Waals surface area contributed by atoms with Gasteiger partial charge in [-0.05, 0) is 52.0 Å². The van der Waals surface area contributed by atoms with E-state index in [0.29, 0.717) is 0 Å². The highest BCUT2D eigenvalue weighted by Gasteiger charge is 2.01. The number of halogens is 1. The van der Waals surface area contributed by atoms with E-state index in [9.17, 15) is 0 Å². The van der Waals surface area contributed by atoms with E-state index in [-0.39, 0.29) is 0 Å². The Morgan fingerprint density at radius 2 is 2.25 bits per heavy atom. The monoisotopic (exact) mass is 299 g/mol. The van der Waals surface area contributed by atoms with Crippen molar-refractivity contribution < 1.29 is 4.42 Å². The first-order valence-electron chi connectivity index (χ1n) is 5.23. The predicted octanol–water partition coefficient (Wildman–Crippen LogP) is 3.74. The van der Waals surface area contributed by atoms with Crippen LogP contribution in [-0.2, 0) is 13.0 Å². The van der Waals surface area contributed by atoms with Crippen molar-refractivity contribution in [2.24, 2.45) is 0 Å². The maximum Gasteiger partial charge on any atom is 0.169 e. The van der Waals surface area contributed by atoms with E-state index in [1.54, 1.807) is 11.3 Å². The van der Waals surface area contributed by atoms with Gasteiger partial charge in [-0.1, -0.05) is 0 Å². The zero-order valence-electron chi connectivity index (χ0n) is 9.13. The lowest BCUT2D eigenvalue weighted by Crippen LogP contribution is -2.16. The summed E-state index contributed by atoms with van der Waals surface area (Å²) >= 11 is 5.10. The number of furan rings is 1. The fraction of sp³-hybridized carbons (Fsp3) is 0.333. The highest BCUT2D eigenvalue weighted by Crippen LogP contribution is 2.15. The summed E-state index contributed by atoms with van der Waals surface area (Å²) in [6.07, 6.45) is 0.927. The zero-order valence-corrected chi connectivity index (χ0v) is 11.5. The first-order valence-corrected chi connectivity index (χ1v) is 6.91. The summed E-state index contributed by atoms with van der Waals surface area (Å²) in [6.45, 7) is 4.04. The van der Waals surface area contributed by atoms with Gasteiger partial charge in [-0.2, -0.15) is 0 Å². The normalized spacial score (nSPS) is 10.9. The van der Waals surface area contributed by atoms with E-state index in [1.807, 2.05) is 12.1 Å². The molecule has 0 saturated heterocycles. The van der Waals surface area contributed by atoms with Crippen molar-refractivity contribution in [2.75, 3.05) is 6.54 Å². The smallest absolute Gasteiger partial charge is 0.169 e. The van der Waals surface area contributed by atoms with Gasteiger partial charge >= 0.3 is 0 Å². The summed E-state index contributed by atoms with van der Waals surface area (Å²) in [7, 11) is 0. The second-order valence-corrected chi connectivity index (χ2v) is 5.44. The number of rotatable bonds is 5. The van der Waals surface area contributed by atoms with Crippen LogP contribution in [0.2, 0.25) is 0 Å². The summed E-state index contributed by atoms with van der Waals surface area (Å²) < 4.78 is 6.23. The van der Waals surface area contributed by atoms with Crippen LogP contribution < -0.4 is 5.32 Å². The van der Waals surface area contributed by atoms with Crippen molar-refractivity contribution in [3.8, 4) is 0 Å². The van der Waals surface area contributed by atoms with E-state index >= 15 is 0 Å². The van der Waals surface area contributed by atoms with E-state index < -0.39 is 0 Å². The molecule has 2 heterocycles. The van der Waals surface area contributed by atoms with Crippen molar-refractivity contribution in [2.45, 2.75) is 19.9 Å². The average molecular weight is 300 g/mol. The summed E-state index contributed by atoms with van der Waals surface area (Å²) in [5.41, 5.74) is 1.37. The molecule has 1 N–H and O–H groups in total. The molecule has 0 bridgehead atoms. The predicted molar refractivity (Wildman–Crippen MR) is 70.9 cm³/mol. The molecule has 16 heavy (non-hydrogen) atoms. The van der Waals surface area contributed by atoms with E-state index in [2.05, 4.69) is 39.6 Å². The SMILES string of the molecule is Cc1ccsc1CNCCc1ccc(Br)o1. The van der Waals surface area contributed by atoms with Gasteiger partial charge in [0.15, 0.2) is 4.67 Å². The first-order chi connectivity index (χ1) is 7.75. The van der Waals surface area contributed by atoms with Crippen LogP contribution in [0.15, 0.2) is 32.7 Å². The van der Waals surface area contributed by atoms with Crippen LogP contribution in [0.5, 0.6) is 0 Å². The molecule has 0 radical (unpaired) electrons. The molecule has 0 amide bonds. The number of hydrogen-bond donors (Lipinski definition) is 1. The Balaban J connectivity index is 1.71. The topological polar surface area (TPSA) is 25.2 Å². The summed E-state index contributed by atoms with van der Waals surface area (Å²) in [6, 6.07) is 6.09. The highest BCUT2D eigenvalue weighted by atomic mass is 79.9. The largest absolute Gasteiger partial charge is 0.454 e. The van der Waals surface area contributed by atoms with Gasteiger partial charge in [0.2, 0.25) is 0 Å². The molecular formula is C12H14BrNOS. The first kappa shape index (κ1) is 11.9. The number of nitrogens with one attached hydrogen (secondary N) is 1. The third kappa shape index (κ3) is 3.20. The van der Waals surface area contributed by atoms with E-state index in [0.717, 1.165) is 29.9 Å². The van der Waals surface area contributed by atoms with Crippen molar-refractivity contribution in [3.63, 3.8) is 0 Å². The van der Waals surface area contributed by atoms with Crippen LogP contribution in [0.3, 0.4) is 0 Å². The lowest BCUT2D eigenvalue weighted by atomic mass is 10.3. The molecule has 2 nitrogen and oxygen atoms in total. The number of aryl methyl sites for hydroxylation is 1.